The molecule has 2 aliphatic rings. The van der Waals surface area contributed by atoms with E-state index in [9.17, 15) is 8.78 Å². The Hall–Kier alpha value is -2.05. The summed E-state index contributed by atoms with van der Waals surface area (Å²) in [4.78, 5) is 4.19. The molecule has 0 unspecified atom stereocenters. The molecule has 1 aliphatic heterocycles. The van der Waals surface area contributed by atoms with E-state index in [4.69, 9.17) is 15.2 Å². The first-order chi connectivity index (χ1) is 11.0. The number of alkyl halides is 2. The van der Waals surface area contributed by atoms with Crippen molar-refractivity contribution in [2.45, 2.75) is 31.6 Å². The van der Waals surface area contributed by atoms with Crippen molar-refractivity contribution in [1.29, 1.82) is 0 Å². The highest BCUT2D eigenvalue weighted by molar-refractivity contribution is 5.92. The molecule has 1 fully saturated rings. The van der Waals surface area contributed by atoms with E-state index in [1.165, 1.54) is 0 Å². The number of ether oxygens (including phenoxy) is 2. The van der Waals surface area contributed by atoms with E-state index < -0.39 is 5.92 Å². The number of nitrogens with two attached hydrogens (primary N) is 1. The Labute approximate surface area is 133 Å². The van der Waals surface area contributed by atoms with Gasteiger partial charge in [-0.3, -0.25) is 4.99 Å². The number of aliphatic imine (C=N–C) groups is 1. The summed E-state index contributed by atoms with van der Waals surface area (Å²) in [5.74, 6) is -0.751. The number of fused-ring (bicyclic) bond motifs is 1. The van der Waals surface area contributed by atoms with Crippen LogP contribution in [0.15, 0.2) is 23.2 Å². The number of hydrogen-bond donors (Lipinski definition) is 2. The summed E-state index contributed by atoms with van der Waals surface area (Å²) in [5.41, 5.74) is 6.59. The fourth-order valence-corrected chi connectivity index (χ4v) is 2.79. The maximum atomic E-state index is 12.7. The van der Waals surface area contributed by atoms with Gasteiger partial charge in [0.2, 0.25) is 5.92 Å². The minimum Gasteiger partial charge on any atom is -0.490 e. The smallest absolute Gasteiger partial charge is 0.248 e. The molecule has 126 valence electrons. The molecule has 1 heterocycles. The van der Waals surface area contributed by atoms with Crippen molar-refractivity contribution in [2.75, 3.05) is 25.1 Å². The van der Waals surface area contributed by atoms with Gasteiger partial charge in [-0.15, -0.1) is 0 Å². The number of hydrogen-bond acceptors (Lipinski definition) is 3. The van der Waals surface area contributed by atoms with Crippen LogP contribution in [0.5, 0.6) is 11.5 Å². The topological polar surface area (TPSA) is 68.9 Å². The highest BCUT2D eigenvalue weighted by Gasteiger charge is 2.44. The van der Waals surface area contributed by atoms with Crippen molar-refractivity contribution in [3.05, 3.63) is 18.2 Å². The summed E-state index contributed by atoms with van der Waals surface area (Å²) in [5, 5.41) is 2.98. The van der Waals surface area contributed by atoms with Crippen molar-refractivity contribution in [3.8, 4) is 11.5 Å². The lowest BCUT2D eigenvalue weighted by atomic mass is 9.79. The Morgan fingerprint density at radius 2 is 2.00 bits per heavy atom. The zero-order valence-corrected chi connectivity index (χ0v) is 12.9. The van der Waals surface area contributed by atoms with Crippen LogP contribution in [0, 0.1) is 5.92 Å². The average Bonchev–Trinajstić information content (AvgIpc) is 2.70. The predicted octanol–water partition coefficient (Wildman–Crippen LogP) is 3.01. The van der Waals surface area contributed by atoms with E-state index in [2.05, 4.69) is 10.3 Å². The van der Waals surface area contributed by atoms with Gasteiger partial charge in [0, 0.05) is 37.6 Å². The summed E-state index contributed by atoms with van der Waals surface area (Å²) in [6.07, 6.45) is 1.43. The zero-order chi connectivity index (χ0) is 16.3. The Morgan fingerprint density at radius 1 is 1.26 bits per heavy atom. The molecule has 0 spiro atoms. The van der Waals surface area contributed by atoms with Crippen molar-refractivity contribution >= 4 is 11.6 Å². The van der Waals surface area contributed by atoms with Gasteiger partial charge >= 0.3 is 0 Å². The lowest BCUT2D eigenvalue weighted by molar-refractivity contribution is -0.111. The second kappa shape index (κ2) is 6.60. The number of nitrogens with one attached hydrogen (secondary N) is 1. The molecule has 1 saturated carbocycles. The highest BCUT2D eigenvalue weighted by atomic mass is 19.3. The van der Waals surface area contributed by atoms with Gasteiger partial charge in [0.05, 0.1) is 13.2 Å². The Morgan fingerprint density at radius 3 is 2.74 bits per heavy atom. The Bertz CT molecular complexity index is 585. The molecule has 1 aromatic rings. The maximum Gasteiger partial charge on any atom is 0.248 e. The molecular formula is C16H21F2N3O2. The third kappa shape index (κ3) is 4.24. The van der Waals surface area contributed by atoms with Crippen LogP contribution in [0.3, 0.4) is 0 Å². The molecule has 0 atom stereocenters. The summed E-state index contributed by atoms with van der Waals surface area (Å²) in [7, 11) is 0. The second-order valence-electron chi connectivity index (χ2n) is 6.02. The van der Waals surface area contributed by atoms with E-state index in [1.54, 1.807) is 0 Å². The van der Waals surface area contributed by atoms with Crippen LogP contribution in [0.2, 0.25) is 0 Å². The van der Waals surface area contributed by atoms with Gasteiger partial charge in [0.1, 0.15) is 0 Å². The Kier molecular flexibility index (Phi) is 4.54. The molecule has 3 N–H and O–H groups in total. The monoisotopic (exact) mass is 325 g/mol. The van der Waals surface area contributed by atoms with Gasteiger partial charge in [0.25, 0.3) is 0 Å². The standard InChI is InChI=1S/C16H21F2N3O2/c17-16(18)9-11(10-16)4-5-20-15(19)21-12-2-3-13-14(8-12)23-7-1-6-22-13/h2-3,8,11H,1,4-7,9-10H2,(H3,19,20,21). The van der Waals surface area contributed by atoms with Crippen molar-refractivity contribution in [1.82, 2.24) is 0 Å². The lowest BCUT2D eigenvalue weighted by Gasteiger charge is -2.34. The van der Waals surface area contributed by atoms with E-state index >= 15 is 0 Å². The van der Waals surface area contributed by atoms with Crippen LogP contribution in [-0.2, 0) is 0 Å². The van der Waals surface area contributed by atoms with Crippen molar-refractivity contribution < 1.29 is 18.3 Å². The third-order valence-corrected chi connectivity index (χ3v) is 4.01. The van der Waals surface area contributed by atoms with Crippen LogP contribution in [0.25, 0.3) is 0 Å². The zero-order valence-electron chi connectivity index (χ0n) is 12.9. The van der Waals surface area contributed by atoms with Crippen LogP contribution in [0.1, 0.15) is 25.7 Å². The van der Waals surface area contributed by atoms with E-state index in [0.29, 0.717) is 31.9 Å². The van der Waals surface area contributed by atoms with Crippen molar-refractivity contribution in [2.24, 2.45) is 16.6 Å². The minimum atomic E-state index is -2.47. The van der Waals surface area contributed by atoms with E-state index in [1.807, 2.05) is 18.2 Å². The van der Waals surface area contributed by atoms with Gasteiger partial charge < -0.3 is 20.5 Å². The van der Waals surface area contributed by atoms with Gasteiger partial charge in [-0.05, 0) is 24.5 Å². The molecule has 5 nitrogen and oxygen atoms in total. The Balaban J connectivity index is 1.50. The second-order valence-corrected chi connectivity index (χ2v) is 6.02. The molecule has 0 aromatic heterocycles. The normalized spacial score (nSPS) is 20.5. The molecule has 7 heteroatoms. The molecule has 1 aliphatic carbocycles. The fraction of sp³-hybridized carbons (Fsp3) is 0.562. The first-order valence-electron chi connectivity index (χ1n) is 7.86. The fourth-order valence-electron chi connectivity index (χ4n) is 2.79. The molecule has 0 saturated heterocycles. The highest BCUT2D eigenvalue weighted by Crippen LogP contribution is 2.43. The number of rotatable bonds is 4. The number of anilines is 1. The summed E-state index contributed by atoms with van der Waals surface area (Å²) < 4.78 is 36.6. The SMILES string of the molecule is NC(=NCCC1CC(F)(F)C1)Nc1ccc2c(c1)OCCCO2. The number of guanidine groups is 1. The molecular weight excluding hydrogens is 304 g/mol. The quantitative estimate of drug-likeness (QED) is 0.659. The van der Waals surface area contributed by atoms with E-state index in [0.717, 1.165) is 17.9 Å². The van der Waals surface area contributed by atoms with Gasteiger partial charge in [-0.2, -0.15) is 0 Å². The van der Waals surface area contributed by atoms with Gasteiger partial charge in [-0.25, -0.2) is 8.78 Å². The number of benzene rings is 1. The summed E-state index contributed by atoms with van der Waals surface area (Å²) in [6.45, 7) is 1.71. The average molecular weight is 325 g/mol. The van der Waals surface area contributed by atoms with Crippen molar-refractivity contribution in [3.63, 3.8) is 0 Å². The minimum absolute atomic E-state index is 0.0297. The van der Waals surface area contributed by atoms with Gasteiger partial charge in [-0.1, -0.05) is 0 Å². The molecule has 0 amide bonds. The number of halogens is 2. The largest absolute Gasteiger partial charge is 0.490 e. The van der Waals surface area contributed by atoms with Gasteiger partial charge in [0.15, 0.2) is 17.5 Å². The predicted molar refractivity (Wildman–Crippen MR) is 84.4 cm³/mol. The molecule has 0 bridgehead atoms. The summed E-state index contributed by atoms with van der Waals surface area (Å²) >= 11 is 0. The molecule has 3 rings (SSSR count). The third-order valence-electron chi connectivity index (χ3n) is 4.01. The molecule has 0 radical (unpaired) electrons. The van der Waals surface area contributed by atoms with Crippen LogP contribution in [0.4, 0.5) is 14.5 Å². The maximum absolute atomic E-state index is 12.7. The van der Waals surface area contributed by atoms with Crippen LogP contribution < -0.4 is 20.5 Å². The lowest BCUT2D eigenvalue weighted by Crippen LogP contribution is -2.35. The van der Waals surface area contributed by atoms with Crippen LogP contribution >= 0.6 is 0 Å². The first kappa shape index (κ1) is 15.8. The summed E-state index contributed by atoms with van der Waals surface area (Å²) in [6, 6.07) is 5.48. The van der Waals surface area contributed by atoms with E-state index in [-0.39, 0.29) is 24.7 Å². The molecule has 23 heavy (non-hydrogen) atoms. The van der Waals surface area contributed by atoms with Crippen LogP contribution in [-0.4, -0.2) is 31.6 Å². The molecule has 1 aromatic carbocycles. The first-order valence-corrected chi connectivity index (χ1v) is 7.86. The number of nitrogens with zero attached hydrogens (tertiary/aromatic N) is 1.